The van der Waals surface area contributed by atoms with Crippen molar-refractivity contribution in [2.75, 3.05) is 24.5 Å². The summed E-state index contributed by atoms with van der Waals surface area (Å²) in [5.41, 5.74) is 4.68. The Labute approximate surface area is 168 Å². The van der Waals surface area contributed by atoms with Crippen molar-refractivity contribution in [3.63, 3.8) is 0 Å². The summed E-state index contributed by atoms with van der Waals surface area (Å²) in [6.45, 7) is 9.13. The topological polar surface area (TPSA) is 43.8 Å². The summed E-state index contributed by atoms with van der Waals surface area (Å²) in [5, 5.41) is 9.73. The standard InChI is InChI=1S/C24H32N2O2/c1-4-24(28)26(20-8-6-5-7-9-20)21-10-13-25(14-11-21)15-12-23-18(2)16-22(27)17-19(23)3/h5-9,16-17,21,27H,4,10-15H2,1-3H3. The fraction of sp³-hybridized carbons (Fsp3) is 0.458. The zero-order chi connectivity index (χ0) is 20.1. The molecule has 1 amide bonds. The first-order valence-corrected chi connectivity index (χ1v) is 10.4. The van der Waals surface area contributed by atoms with E-state index < -0.39 is 0 Å². The molecule has 0 atom stereocenters. The van der Waals surface area contributed by atoms with Gasteiger partial charge in [0, 0.05) is 37.8 Å². The van der Waals surface area contributed by atoms with Crippen LogP contribution in [0.25, 0.3) is 0 Å². The summed E-state index contributed by atoms with van der Waals surface area (Å²) in [6, 6.07) is 14.1. The summed E-state index contributed by atoms with van der Waals surface area (Å²) in [4.78, 5) is 17.1. The Kier molecular flexibility index (Phi) is 6.74. The van der Waals surface area contributed by atoms with E-state index in [1.807, 2.05) is 54.3 Å². The van der Waals surface area contributed by atoms with Gasteiger partial charge >= 0.3 is 0 Å². The number of carbonyl (C=O) groups is 1. The lowest BCUT2D eigenvalue weighted by molar-refractivity contribution is -0.119. The highest BCUT2D eigenvalue weighted by atomic mass is 16.3. The van der Waals surface area contributed by atoms with Crippen molar-refractivity contribution in [2.24, 2.45) is 0 Å². The maximum absolute atomic E-state index is 12.6. The average molecular weight is 381 g/mol. The molecule has 0 aromatic heterocycles. The van der Waals surface area contributed by atoms with Crippen LogP contribution < -0.4 is 4.90 Å². The van der Waals surface area contributed by atoms with Gasteiger partial charge in [0.2, 0.25) is 5.91 Å². The van der Waals surface area contributed by atoms with E-state index in [2.05, 4.69) is 18.7 Å². The molecule has 4 nitrogen and oxygen atoms in total. The summed E-state index contributed by atoms with van der Waals surface area (Å²) in [5.74, 6) is 0.557. The Morgan fingerprint density at radius 3 is 2.29 bits per heavy atom. The molecule has 0 spiro atoms. The van der Waals surface area contributed by atoms with E-state index in [1.54, 1.807) is 0 Å². The second-order valence-electron chi connectivity index (χ2n) is 7.83. The molecular formula is C24H32N2O2. The monoisotopic (exact) mass is 380 g/mol. The summed E-state index contributed by atoms with van der Waals surface area (Å²) >= 11 is 0. The number of phenols is 1. The third-order valence-corrected chi connectivity index (χ3v) is 5.89. The van der Waals surface area contributed by atoms with E-state index >= 15 is 0 Å². The van der Waals surface area contributed by atoms with Gasteiger partial charge in [0.15, 0.2) is 0 Å². The summed E-state index contributed by atoms with van der Waals surface area (Å²) in [6.07, 6.45) is 3.55. The number of piperidine rings is 1. The van der Waals surface area contributed by atoms with Gasteiger partial charge in [-0.3, -0.25) is 4.79 Å². The Balaban J connectivity index is 1.60. The van der Waals surface area contributed by atoms with E-state index in [-0.39, 0.29) is 11.9 Å². The van der Waals surface area contributed by atoms with Crippen molar-refractivity contribution in [3.05, 3.63) is 59.2 Å². The van der Waals surface area contributed by atoms with Crippen molar-refractivity contribution in [2.45, 2.75) is 52.5 Å². The number of nitrogens with zero attached hydrogens (tertiary/aromatic N) is 2. The Morgan fingerprint density at radius 1 is 1.11 bits per heavy atom. The van der Waals surface area contributed by atoms with Crippen molar-refractivity contribution in [1.82, 2.24) is 4.90 Å². The molecule has 0 aliphatic carbocycles. The highest BCUT2D eigenvalue weighted by Crippen LogP contribution is 2.26. The third-order valence-electron chi connectivity index (χ3n) is 5.89. The van der Waals surface area contributed by atoms with E-state index in [9.17, 15) is 9.90 Å². The molecule has 4 heteroatoms. The van der Waals surface area contributed by atoms with Crippen LogP contribution in [-0.4, -0.2) is 41.6 Å². The number of para-hydroxylation sites is 1. The van der Waals surface area contributed by atoms with Gasteiger partial charge in [0.25, 0.3) is 0 Å². The number of likely N-dealkylation sites (tertiary alicyclic amines) is 1. The fourth-order valence-corrected chi connectivity index (χ4v) is 4.35. The van der Waals surface area contributed by atoms with Crippen LogP contribution in [0.15, 0.2) is 42.5 Å². The number of aromatic hydroxyl groups is 1. The fourth-order valence-electron chi connectivity index (χ4n) is 4.35. The van der Waals surface area contributed by atoms with E-state index in [4.69, 9.17) is 0 Å². The van der Waals surface area contributed by atoms with Crippen LogP contribution >= 0.6 is 0 Å². The number of amides is 1. The van der Waals surface area contributed by atoms with Gasteiger partial charge < -0.3 is 14.9 Å². The maximum Gasteiger partial charge on any atom is 0.226 e. The van der Waals surface area contributed by atoms with E-state index in [1.165, 1.54) is 5.56 Å². The highest BCUT2D eigenvalue weighted by molar-refractivity contribution is 5.93. The van der Waals surface area contributed by atoms with Gasteiger partial charge in [0.05, 0.1) is 0 Å². The van der Waals surface area contributed by atoms with E-state index in [0.29, 0.717) is 12.2 Å². The number of benzene rings is 2. The lowest BCUT2D eigenvalue weighted by Crippen LogP contribution is -2.48. The van der Waals surface area contributed by atoms with Gasteiger partial charge in [-0.05, 0) is 74.1 Å². The Morgan fingerprint density at radius 2 is 1.71 bits per heavy atom. The van der Waals surface area contributed by atoms with Crippen LogP contribution in [0.2, 0.25) is 0 Å². The van der Waals surface area contributed by atoms with Crippen LogP contribution in [0.4, 0.5) is 5.69 Å². The first-order chi connectivity index (χ1) is 13.5. The number of anilines is 1. The van der Waals surface area contributed by atoms with Crippen molar-refractivity contribution in [1.29, 1.82) is 0 Å². The van der Waals surface area contributed by atoms with Gasteiger partial charge in [-0.15, -0.1) is 0 Å². The van der Waals surface area contributed by atoms with Crippen LogP contribution in [0.1, 0.15) is 42.9 Å². The minimum Gasteiger partial charge on any atom is -0.508 e. The summed E-state index contributed by atoms with van der Waals surface area (Å²) < 4.78 is 0. The molecule has 1 aliphatic rings. The number of aryl methyl sites for hydroxylation is 2. The van der Waals surface area contributed by atoms with Crippen molar-refractivity contribution < 1.29 is 9.90 Å². The Hall–Kier alpha value is -2.33. The van der Waals surface area contributed by atoms with Gasteiger partial charge in [-0.1, -0.05) is 25.1 Å². The van der Waals surface area contributed by atoms with Crippen LogP contribution in [0.3, 0.4) is 0 Å². The minimum absolute atomic E-state index is 0.208. The average Bonchev–Trinajstić information content (AvgIpc) is 2.69. The van der Waals surface area contributed by atoms with Crippen LogP contribution in [-0.2, 0) is 11.2 Å². The van der Waals surface area contributed by atoms with Crippen LogP contribution in [0.5, 0.6) is 5.75 Å². The molecule has 1 aliphatic heterocycles. The number of phenolic OH excluding ortho intramolecular Hbond substituents is 1. The van der Waals surface area contributed by atoms with Gasteiger partial charge in [-0.2, -0.15) is 0 Å². The molecule has 3 rings (SSSR count). The molecule has 1 fully saturated rings. The maximum atomic E-state index is 12.6. The normalized spacial score (nSPS) is 15.5. The second-order valence-corrected chi connectivity index (χ2v) is 7.83. The largest absolute Gasteiger partial charge is 0.508 e. The molecule has 2 aromatic rings. The molecule has 1 saturated heterocycles. The zero-order valence-corrected chi connectivity index (χ0v) is 17.3. The van der Waals surface area contributed by atoms with Crippen LogP contribution in [0, 0.1) is 13.8 Å². The molecule has 1 N–H and O–H groups in total. The number of hydrogen-bond acceptors (Lipinski definition) is 3. The van der Waals surface area contributed by atoms with Gasteiger partial charge in [-0.25, -0.2) is 0 Å². The number of rotatable bonds is 6. The van der Waals surface area contributed by atoms with Crippen molar-refractivity contribution in [3.8, 4) is 5.75 Å². The predicted octanol–water partition coefficient (Wildman–Crippen LogP) is 4.46. The molecular weight excluding hydrogens is 348 g/mol. The lowest BCUT2D eigenvalue weighted by Gasteiger charge is -2.38. The smallest absolute Gasteiger partial charge is 0.226 e. The molecule has 1 heterocycles. The zero-order valence-electron chi connectivity index (χ0n) is 17.3. The highest BCUT2D eigenvalue weighted by Gasteiger charge is 2.28. The second kappa shape index (κ2) is 9.24. The molecule has 150 valence electrons. The lowest BCUT2D eigenvalue weighted by atomic mass is 9.97. The molecule has 0 bridgehead atoms. The van der Waals surface area contributed by atoms with Gasteiger partial charge in [0.1, 0.15) is 5.75 Å². The SMILES string of the molecule is CCC(=O)N(c1ccccc1)C1CCN(CCc2c(C)cc(O)cc2C)CC1. The molecule has 2 aromatic carbocycles. The summed E-state index contributed by atoms with van der Waals surface area (Å²) in [7, 11) is 0. The van der Waals surface area contributed by atoms with E-state index in [0.717, 1.165) is 55.7 Å². The first-order valence-electron chi connectivity index (χ1n) is 10.4. The number of carbonyl (C=O) groups excluding carboxylic acids is 1. The molecule has 0 radical (unpaired) electrons. The Bertz CT molecular complexity index is 773. The quantitative estimate of drug-likeness (QED) is 0.805. The predicted molar refractivity (Wildman–Crippen MR) is 115 cm³/mol. The molecule has 28 heavy (non-hydrogen) atoms. The molecule has 0 saturated carbocycles. The van der Waals surface area contributed by atoms with Crippen molar-refractivity contribution >= 4 is 11.6 Å². The number of hydrogen-bond donors (Lipinski definition) is 1. The first kappa shape index (κ1) is 20.4. The molecule has 0 unspecified atom stereocenters. The third kappa shape index (κ3) is 4.74. The minimum atomic E-state index is 0.208.